The van der Waals surface area contributed by atoms with Gasteiger partial charge in [0.05, 0.1) is 6.10 Å². The summed E-state index contributed by atoms with van der Waals surface area (Å²) >= 11 is 0. The van der Waals surface area contributed by atoms with Crippen LogP contribution in [0.4, 0.5) is 13.2 Å². The van der Waals surface area contributed by atoms with E-state index in [0.29, 0.717) is 0 Å². The number of ether oxygens (including phenoxy) is 2. The monoisotopic (exact) mass is 291 g/mol. The molecule has 0 saturated carbocycles. The third-order valence-electron chi connectivity index (χ3n) is 2.29. The Labute approximate surface area is 114 Å². The van der Waals surface area contributed by atoms with E-state index in [2.05, 4.69) is 0 Å². The molecule has 0 aliphatic rings. The first-order chi connectivity index (χ1) is 9.21. The van der Waals surface area contributed by atoms with Crippen molar-refractivity contribution in [2.24, 2.45) is 5.73 Å². The third-order valence-corrected chi connectivity index (χ3v) is 2.29. The first-order valence-electron chi connectivity index (χ1n) is 5.96. The van der Waals surface area contributed by atoms with Gasteiger partial charge in [-0.25, -0.2) is 4.79 Å². The van der Waals surface area contributed by atoms with E-state index >= 15 is 0 Å². The number of nitrogens with two attached hydrogens (primary N) is 1. The molecular weight excluding hydrogens is 275 g/mol. The summed E-state index contributed by atoms with van der Waals surface area (Å²) in [5.74, 6) is -1.04. The third kappa shape index (κ3) is 4.73. The highest BCUT2D eigenvalue weighted by atomic mass is 19.4. The number of carbonyl (C=O) groups excluding carboxylic acids is 1. The zero-order chi connectivity index (χ0) is 15.3. The summed E-state index contributed by atoms with van der Waals surface area (Å²) in [6.07, 6.45) is -7.28. The first kappa shape index (κ1) is 16.3. The van der Waals surface area contributed by atoms with Gasteiger partial charge in [-0.2, -0.15) is 13.2 Å². The predicted octanol–water partition coefficient (Wildman–Crippen LogP) is 2.28. The van der Waals surface area contributed by atoms with Crippen LogP contribution in [0, 0.1) is 0 Å². The van der Waals surface area contributed by atoms with Crippen molar-refractivity contribution in [3.05, 3.63) is 30.3 Å². The van der Waals surface area contributed by atoms with Crippen LogP contribution in [0.2, 0.25) is 0 Å². The van der Waals surface area contributed by atoms with Crippen molar-refractivity contribution >= 4 is 5.97 Å². The molecule has 2 N–H and O–H groups in total. The van der Waals surface area contributed by atoms with Gasteiger partial charge in [-0.3, -0.25) is 0 Å². The van der Waals surface area contributed by atoms with Crippen LogP contribution in [0.5, 0.6) is 5.75 Å². The lowest BCUT2D eigenvalue weighted by atomic mass is 10.1. The highest BCUT2D eigenvalue weighted by molar-refractivity contribution is 5.76. The zero-order valence-corrected chi connectivity index (χ0v) is 11.1. The smallest absolute Gasteiger partial charge is 0.407 e. The van der Waals surface area contributed by atoms with Crippen LogP contribution in [-0.4, -0.2) is 30.4 Å². The molecule has 0 spiro atoms. The molecule has 20 heavy (non-hydrogen) atoms. The number of halogens is 3. The van der Waals surface area contributed by atoms with E-state index in [1.54, 1.807) is 18.2 Å². The SMILES string of the molecule is CC(C)OC(=O)[C@H](Oc1ccccc1)[C@@H](N)C(F)(F)F. The Kier molecular flexibility index (Phi) is 5.38. The minimum Gasteiger partial charge on any atom is -0.477 e. The Morgan fingerprint density at radius 1 is 1.20 bits per heavy atom. The number of hydrogen-bond acceptors (Lipinski definition) is 4. The van der Waals surface area contributed by atoms with E-state index in [4.69, 9.17) is 15.2 Å². The van der Waals surface area contributed by atoms with Crippen molar-refractivity contribution in [3.63, 3.8) is 0 Å². The average molecular weight is 291 g/mol. The van der Waals surface area contributed by atoms with Crippen molar-refractivity contribution in [3.8, 4) is 5.75 Å². The molecule has 1 rings (SSSR count). The van der Waals surface area contributed by atoms with Crippen LogP contribution in [0.1, 0.15) is 13.8 Å². The van der Waals surface area contributed by atoms with Crippen LogP contribution in [0.3, 0.4) is 0 Å². The molecule has 0 bridgehead atoms. The number of para-hydroxylation sites is 1. The van der Waals surface area contributed by atoms with Crippen LogP contribution in [0.25, 0.3) is 0 Å². The lowest BCUT2D eigenvalue weighted by molar-refractivity contribution is -0.185. The summed E-state index contributed by atoms with van der Waals surface area (Å²) in [6, 6.07) is 5.20. The van der Waals surface area contributed by atoms with Gasteiger partial charge in [0.15, 0.2) is 0 Å². The summed E-state index contributed by atoms with van der Waals surface area (Å²) in [4.78, 5) is 11.7. The summed E-state index contributed by atoms with van der Waals surface area (Å²) in [5, 5.41) is 0. The highest BCUT2D eigenvalue weighted by Gasteiger charge is 2.47. The zero-order valence-electron chi connectivity index (χ0n) is 11.1. The Hall–Kier alpha value is -1.76. The van der Waals surface area contributed by atoms with Gasteiger partial charge < -0.3 is 15.2 Å². The average Bonchev–Trinajstić information content (AvgIpc) is 2.34. The Bertz CT molecular complexity index is 434. The Balaban J connectivity index is 2.92. The predicted molar refractivity (Wildman–Crippen MR) is 66.1 cm³/mol. The van der Waals surface area contributed by atoms with Crippen LogP contribution in [-0.2, 0) is 9.53 Å². The van der Waals surface area contributed by atoms with Crippen molar-refractivity contribution in [1.82, 2.24) is 0 Å². The molecule has 1 aromatic carbocycles. The molecule has 0 aliphatic heterocycles. The molecule has 0 unspecified atom stereocenters. The number of esters is 1. The first-order valence-corrected chi connectivity index (χ1v) is 5.96. The summed E-state index contributed by atoms with van der Waals surface area (Å²) in [7, 11) is 0. The molecule has 2 atom stereocenters. The van der Waals surface area contributed by atoms with Crippen LogP contribution < -0.4 is 10.5 Å². The number of alkyl halides is 3. The van der Waals surface area contributed by atoms with Crippen molar-refractivity contribution < 1.29 is 27.4 Å². The van der Waals surface area contributed by atoms with Gasteiger partial charge in [0.1, 0.15) is 11.8 Å². The van der Waals surface area contributed by atoms with E-state index in [0.717, 1.165) is 0 Å². The topological polar surface area (TPSA) is 61.5 Å². The number of carbonyl (C=O) groups is 1. The molecule has 0 aliphatic carbocycles. The fourth-order valence-electron chi connectivity index (χ4n) is 1.38. The van der Waals surface area contributed by atoms with Crippen molar-refractivity contribution in [2.45, 2.75) is 38.3 Å². The van der Waals surface area contributed by atoms with E-state index in [-0.39, 0.29) is 5.75 Å². The Morgan fingerprint density at radius 3 is 2.20 bits per heavy atom. The molecule has 0 amide bonds. The second-order valence-electron chi connectivity index (χ2n) is 4.40. The second kappa shape index (κ2) is 6.60. The van der Waals surface area contributed by atoms with Gasteiger partial charge in [0.2, 0.25) is 6.10 Å². The van der Waals surface area contributed by atoms with Crippen LogP contribution >= 0.6 is 0 Å². The maximum absolute atomic E-state index is 12.7. The molecule has 0 saturated heterocycles. The van der Waals surface area contributed by atoms with Crippen LogP contribution in [0.15, 0.2) is 30.3 Å². The van der Waals surface area contributed by atoms with Gasteiger partial charge in [-0.1, -0.05) is 18.2 Å². The van der Waals surface area contributed by atoms with E-state index in [1.807, 2.05) is 0 Å². The largest absolute Gasteiger partial charge is 0.477 e. The van der Waals surface area contributed by atoms with Gasteiger partial charge in [0.25, 0.3) is 0 Å². The van der Waals surface area contributed by atoms with Crippen molar-refractivity contribution in [1.29, 1.82) is 0 Å². The second-order valence-corrected chi connectivity index (χ2v) is 4.40. The Morgan fingerprint density at radius 2 is 1.75 bits per heavy atom. The molecule has 0 aromatic heterocycles. The fourth-order valence-corrected chi connectivity index (χ4v) is 1.38. The minimum absolute atomic E-state index is 0.109. The summed E-state index contributed by atoms with van der Waals surface area (Å²) in [6.45, 7) is 3.05. The van der Waals surface area contributed by atoms with Gasteiger partial charge in [-0.15, -0.1) is 0 Å². The molecule has 4 nitrogen and oxygen atoms in total. The molecular formula is C13H16F3NO3. The highest BCUT2D eigenvalue weighted by Crippen LogP contribution is 2.24. The van der Waals surface area contributed by atoms with Gasteiger partial charge in [-0.05, 0) is 26.0 Å². The van der Waals surface area contributed by atoms with Gasteiger partial charge in [0, 0.05) is 0 Å². The maximum Gasteiger partial charge on any atom is 0.407 e. The minimum atomic E-state index is -4.77. The number of benzene rings is 1. The molecule has 7 heteroatoms. The van der Waals surface area contributed by atoms with Gasteiger partial charge >= 0.3 is 12.1 Å². The van der Waals surface area contributed by atoms with E-state index in [9.17, 15) is 18.0 Å². The molecule has 0 fully saturated rings. The van der Waals surface area contributed by atoms with Crippen molar-refractivity contribution in [2.75, 3.05) is 0 Å². The lowest BCUT2D eigenvalue weighted by Gasteiger charge is -2.25. The molecule has 1 aromatic rings. The standard InChI is InChI=1S/C13H16F3NO3/c1-8(2)19-12(18)10(11(17)13(14,15)16)20-9-6-4-3-5-7-9/h3-8,10-11H,17H2,1-2H3/t10-,11-/m1/s1. The number of rotatable bonds is 5. The summed E-state index contributed by atoms with van der Waals surface area (Å²) in [5.41, 5.74) is 5.07. The fraction of sp³-hybridized carbons (Fsp3) is 0.462. The molecule has 0 radical (unpaired) electrons. The normalized spacial score (nSPS) is 14.8. The van der Waals surface area contributed by atoms with E-state index < -0.39 is 30.4 Å². The molecule has 112 valence electrons. The quantitative estimate of drug-likeness (QED) is 0.845. The molecule has 0 heterocycles. The lowest BCUT2D eigenvalue weighted by Crippen LogP contribution is -2.54. The summed E-state index contributed by atoms with van der Waals surface area (Å²) < 4.78 is 47.9. The maximum atomic E-state index is 12.7. The number of hydrogen-bond donors (Lipinski definition) is 1. The van der Waals surface area contributed by atoms with E-state index in [1.165, 1.54) is 26.0 Å².